The zero-order valence-electron chi connectivity index (χ0n) is 12.2. The van der Waals surface area contributed by atoms with E-state index in [0.717, 1.165) is 10.2 Å². The molecule has 112 valence electrons. The maximum atomic E-state index is 11.9. The van der Waals surface area contributed by atoms with Gasteiger partial charge in [0.15, 0.2) is 0 Å². The van der Waals surface area contributed by atoms with Crippen molar-refractivity contribution in [3.8, 4) is 6.07 Å². The molecule has 0 saturated carbocycles. The monoisotopic (exact) mass is 357 g/mol. The predicted molar refractivity (Wildman–Crippen MR) is 91.8 cm³/mol. The quantitative estimate of drug-likeness (QED) is 0.847. The van der Waals surface area contributed by atoms with E-state index in [2.05, 4.69) is 26.6 Å². The molecule has 2 aromatic rings. The van der Waals surface area contributed by atoms with E-state index < -0.39 is 0 Å². The van der Waals surface area contributed by atoms with E-state index in [1.807, 2.05) is 31.2 Å². The summed E-state index contributed by atoms with van der Waals surface area (Å²) in [7, 11) is 0. The smallest absolute Gasteiger partial charge is 0.226 e. The van der Waals surface area contributed by atoms with Gasteiger partial charge in [0.1, 0.15) is 0 Å². The van der Waals surface area contributed by atoms with Crippen LogP contribution in [-0.4, -0.2) is 12.5 Å². The van der Waals surface area contributed by atoms with Gasteiger partial charge in [-0.15, -0.1) is 0 Å². The van der Waals surface area contributed by atoms with Gasteiger partial charge in [0.25, 0.3) is 0 Å². The fraction of sp³-hybridized carbons (Fsp3) is 0.176. The molecule has 0 aliphatic carbocycles. The Morgan fingerprint density at radius 2 is 1.95 bits per heavy atom. The minimum atomic E-state index is -0.0690. The highest BCUT2D eigenvalue weighted by molar-refractivity contribution is 9.10. The van der Waals surface area contributed by atoms with Crippen molar-refractivity contribution in [2.75, 3.05) is 17.2 Å². The number of halogens is 1. The number of amides is 1. The Labute approximate surface area is 138 Å². The number of anilines is 2. The normalized spacial score (nSPS) is 9.86. The Morgan fingerprint density at radius 3 is 2.59 bits per heavy atom. The number of aryl methyl sites for hydroxylation is 1. The van der Waals surface area contributed by atoms with Gasteiger partial charge in [0.05, 0.1) is 11.6 Å². The van der Waals surface area contributed by atoms with Gasteiger partial charge >= 0.3 is 0 Å². The molecule has 5 heteroatoms. The highest BCUT2D eigenvalue weighted by Crippen LogP contribution is 2.23. The molecule has 0 spiro atoms. The van der Waals surface area contributed by atoms with Crippen LogP contribution < -0.4 is 10.6 Å². The molecule has 4 nitrogen and oxygen atoms in total. The second-order valence-electron chi connectivity index (χ2n) is 4.90. The summed E-state index contributed by atoms with van der Waals surface area (Å²) in [5, 5.41) is 14.8. The summed E-state index contributed by atoms with van der Waals surface area (Å²) in [6.45, 7) is 2.57. The van der Waals surface area contributed by atoms with Crippen molar-refractivity contribution in [2.45, 2.75) is 13.3 Å². The minimum absolute atomic E-state index is 0.0690. The molecule has 0 aliphatic rings. The van der Waals surface area contributed by atoms with Gasteiger partial charge in [-0.3, -0.25) is 4.79 Å². The third-order valence-corrected chi connectivity index (χ3v) is 3.75. The molecule has 0 saturated heterocycles. The summed E-state index contributed by atoms with van der Waals surface area (Å²) in [5.74, 6) is -0.0690. The van der Waals surface area contributed by atoms with E-state index in [9.17, 15) is 4.79 Å². The summed E-state index contributed by atoms with van der Waals surface area (Å²) >= 11 is 3.49. The van der Waals surface area contributed by atoms with Crippen LogP contribution in [0.5, 0.6) is 0 Å². The first kappa shape index (κ1) is 16.1. The number of carbonyl (C=O) groups excluding carboxylic acids is 1. The number of nitrogens with one attached hydrogen (secondary N) is 2. The maximum Gasteiger partial charge on any atom is 0.226 e. The molecule has 2 aromatic carbocycles. The van der Waals surface area contributed by atoms with Gasteiger partial charge in [0, 0.05) is 28.8 Å². The summed E-state index contributed by atoms with van der Waals surface area (Å²) in [6, 6.07) is 14.9. The summed E-state index contributed by atoms with van der Waals surface area (Å²) in [5.41, 5.74) is 3.41. The fourth-order valence-corrected chi connectivity index (χ4v) is 2.56. The Balaban J connectivity index is 1.81. The van der Waals surface area contributed by atoms with Crippen LogP contribution in [0.4, 0.5) is 11.4 Å². The summed E-state index contributed by atoms with van der Waals surface area (Å²) in [4.78, 5) is 11.9. The lowest BCUT2D eigenvalue weighted by Crippen LogP contribution is -2.16. The van der Waals surface area contributed by atoms with E-state index in [4.69, 9.17) is 5.26 Å². The molecule has 0 radical (unpaired) electrons. The van der Waals surface area contributed by atoms with Crippen LogP contribution in [0.1, 0.15) is 17.5 Å². The summed E-state index contributed by atoms with van der Waals surface area (Å²) in [6.07, 6.45) is 0.361. The van der Waals surface area contributed by atoms with E-state index in [1.165, 1.54) is 5.56 Å². The Kier molecular flexibility index (Phi) is 5.56. The number of nitrogens with zero attached hydrogens (tertiary/aromatic N) is 1. The van der Waals surface area contributed by atoms with Crippen LogP contribution in [0.3, 0.4) is 0 Å². The Morgan fingerprint density at radius 1 is 1.23 bits per heavy atom. The zero-order chi connectivity index (χ0) is 15.9. The molecule has 0 aliphatic heterocycles. The first-order chi connectivity index (χ1) is 10.6. The Bertz CT molecular complexity index is 705. The topological polar surface area (TPSA) is 64.9 Å². The van der Waals surface area contributed by atoms with Crippen molar-refractivity contribution in [3.63, 3.8) is 0 Å². The van der Waals surface area contributed by atoms with Crippen molar-refractivity contribution >= 4 is 33.2 Å². The number of hydrogen-bond acceptors (Lipinski definition) is 3. The second-order valence-corrected chi connectivity index (χ2v) is 5.75. The number of rotatable bonds is 5. The number of benzene rings is 2. The molecule has 0 fully saturated rings. The van der Waals surface area contributed by atoms with E-state index in [-0.39, 0.29) is 5.91 Å². The minimum Gasteiger partial charge on any atom is -0.384 e. The summed E-state index contributed by atoms with van der Waals surface area (Å²) < 4.78 is 0.986. The molecule has 0 aromatic heterocycles. The second kappa shape index (κ2) is 7.62. The number of nitriles is 1. The number of hydrogen-bond donors (Lipinski definition) is 2. The third kappa shape index (κ3) is 4.61. The first-order valence-corrected chi connectivity index (χ1v) is 7.68. The largest absolute Gasteiger partial charge is 0.384 e. The van der Waals surface area contributed by atoms with Crippen LogP contribution in [0.25, 0.3) is 0 Å². The lowest BCUT2D eigenvalue weighted by atomic mass is 10.2. The van der Waals surface area contributed by atoms with Gasteiger partial charge in [-0.2, -0.15) is 5.26 Å². The molecule has 22 heavy (non-hydrogen) atoms. The lowest BCUT2D eigenvalue weighted by Gasteiger charge is -2.09. The fourth-order valence-electron chi connectivity index (χ4n) is 1.93. The molecule has 0 bridgehead atoms. The Hall–Kier alpha value is -2.32. The predicted octanol–water partition coefficient (Wildman–Crippen LogP) is 4.07. The molecular weight excluding hydrogens is 342 g/mol. The molecule has 0 atom stereocenters. The molecule has 0 unspecified atom stereocenters. The zero-order valence-corrected chi connectivity index (χ0v) is 13.8. The van der Waals surface area contributed by atoms with Gasteiger partial charge in [-0.05, 0) is 64.8 Å². The third-order valence-electron chi connectivity index (χ3n) is 3.09. The lowest BCUT2D eigenvalue weighted by molar-refractivity contribution is -0.115. The van der Waals surface area contributed by atoms with Crippen LogP contribution in [0.15, 0.2) is 46.9 Å². The van der Waals surface area contributed by atoms with Crippen LogP contribution in [0.2, 0.25) is 0 Å². The van der Waals surface area contributed by atoms with Gasteiger partial charge in [0.2, 0.25) is 5.91 Å². The van der Waals surface area contributed by atoms with Gasteiger partial charge < -0.3 is 10.6 Å². The van der Waals surface area contributed by atoms with Crippen molar-refractivity contribution in [2.24, 2.45) is 0 Å². The highest BCUT2D eigenvalue weighted by atomic mass is 79.9. The van der Waals surface area contributed by atoms with E-state index in [1.54, 1.807) is 24.3 Å². The van der Waals surface area contributed by atoms with Crippen LogP contribution >= 0.6 is 15.9 Å². The maximum absolute atomic E-state index is 11.9. The highest BCUT2D eigenvalue weighted by Gasteiger charge is 2.04. The SMILES string of the molecule is Cc1ccc(NCCC(=O)Nc2ccc(C#N)cc2)c(Br)c1. The standard InChI is InChI=1S/C17H16BrN3O/c1-12-2-7-16(15(18)10-12)20-9-8-17(22)21-14-5-3-13(11-19)4-6-14/h2-7,10,20H,8-9H2,1H3,(H,21,22). The first-order valence-electron chi connectivity index (χ1n) is 6.88. The molecule has 2 N–H and O–H groups in total. The van der Waals surface area contributed by atoms with Gasteiger partial charge in [-0.25, -0.2) is 0 Å². The van der Waals surface area contributed by atoms with Crippen LogP contribution in [0, 0.1) is 18.3 Å². The van der Waals surface area contributed by atoms with E-state index >= 15 is 0 Å². The number of carbonyl (C=O) groups is 1. The van der Waals surface area contributed by atoms with Crippen molar-refractivity contribution < 1.29 is 4.79 Å². The average molecular weight is 358 g/mol. The van der Waals surface area contributed by atoms with E-state index in [0.29, 0.717) is 24.2 Å². The molecule has 2 rings (SSSR count). The van der Waals surface area contributed by atoms with Crippen molar-refractivity contribution in [1.82, 2.24) is 0 Å². The molecular formula is C17H16BrN3O. The van der Waals surface area contributed by atoms with Crippen LogP contribution in [-0.2, 0) is 4.79 Å². The molecule has 0 heterocycles. The van der Waals surface area contributed by atoms with Crippen molar-refractivity contribution in [3.05, 3.63) is 58.1 Å². The average Bonchev–Trinajstić information content (AvgIpc) is 2.50. The van der Waals surface area contributed by atoms with Crippen molar-refractivity contribution in [1.29, 1.82) is 5.26 Å². The van der Waals surface area contributed by atoms with Gasteiger partial charge in [-0.1, -0.05) is 6.07 Å². The molecule has 1 amide bonds.